The molecule has 0 bridgehead atoms. The second-order valence-corrected chi connectivity index (χ2v) is 5.08. The first-order chi connectivity index (χ1) is 9.63. The highest BCUT2D eigenvalue weighted by molar-refractivity contribution is 5.35. The van der Waals surface area contributed by atoms with Crippen LogP contribution in [0.1, 0.15) is 35.2 Å². The van der Waals surface area contributed by atoms with Crippen LogP contribution in [0.2, 0.25) is 0 Å². The monoisotopic (exact) mass is 272 g/mol. The van der Waals surface area contributed by atoms with Crippen LogP contribution in [0.4, 0.5) is 4.39 Å². The molecule has 0 radical (unpaired) electrons. The van der Waals surface area contributed by atoms with Gasteiger partial charge in [-0.3, -0.25) is 4.98 Å². The molecule has 0 aliphatic rings. The summed E-state index contributed by atoms with van der Waals surface area (Å²) >= 11 is 0. The predicted octanol–water partition coefficient (Wildman–Crippen LogP) is 3.73. The Hall–Kier alpha value is -1.74. The largest absolute Gasteiger partial charge is 0.310 e. The third-order valence-corrected chi connectivity index (χ3v) is 3.68. The summed E-state index contributed by atoms with van der Waals surface area (Å²) in [5, 5.41) is 3.37. The number of pyridine rings is 1. The van der Waals surface area contributed by atoms with E-state index in [2.05, 4.69) is 42.3 Å². The molecule has 20 heavy (non-hydrogen) atoms. The van der Waals surface area contributed by atoms with E-state index in [1.165, 1.54) is 22.9 Å². The highest BCUT2D eigenvalue weighted by atomic mass is 19.1. The Bertz CT molecular complexity index is 561. The Morgan fingerprint density at radius 1 is 1.20 bits per heavy atom. The molecule has 106 valence electrons. The molecule has 1 unspecified atom stereocenters. The van der Waals surface area contributed by atoms with E-state index in [-0.39, 0.29) is 11.9 Å². The van der Waals surface area contributed by atoms with E-state index in [1.54, 1.807) is 12.3 Å². The zero-order valence-corrected chi connectivity index (χ0v) is 12.3. The standard InChI is InChI=1S/C17H21FN2/c1-4-20-17(14-8-9-19-11-16(14)18)10-15-12(2)6-5-7-13(15)3/h5-9,11,17,20H,4,10H2,1-3H3. The van der Waals surface area contributed by atoms with Gasteiger partial charge in [-0.1, -0.05) is 25.1 Å². The molecule has 3 heteroatoms. The third kappa shape index (κ3) is 3.23. The van der Waals surface area contributed by atoms with E-state index in [1.807, 2.05) is 6.92 Å². The topological polar surface area (TPSA) is 24.9 Å². The summed E-state index contributed by atoms with van der Waals surface area (Å²) in [6.07, 6.45) is 3.71. The number of aromatic nitrogens is 1. The maximum absolute atomic E-state index is 14.0. The van der Waals surface area contributed by atoms with E-state index in [0.717, 1.165) is 13.0 Å². The quantitative estimate of drug-likeness (QED) is 0.897. The van der Waals surface area contributed by atoms with Crippen molar-refractivity contribution in [2.75, 3.05) is 6.54 Å². The summed E-state index contributed by atoms with van der Waals surface area (Å²) in [5.74, 6) is -0.246. The molecule has 2 aromatic rings. The fourth-order valence-electron chi connectivity index (χ4n) is 2.58. The number of aryl methyl sites for hydroxylation is 2. The fraction of sp³-hybridized carbons (Fsp3) is 0.353. The minimum atomic E-state index is -0.246. The maximum atomic E-state index is 14.0. The lowest BCUT2D eigenvalue weighted by molar-refractivity contribution is 0.506. The van der Waals surface area contributed by atoms with Gasteiger partial charge in [-0.25, -0.2) is 4.39 Å². The zero-order valence-electron chi connectivity index (χ0n) is 12.3. The number of hydrogen-bond donors (Lipinski definition) is 1. The number of hydrogen-bond acceptors (Lipinski definition) is 2. The van der Waals surface area contributed by atoms with Gasteiger partial charge in [0.2, 0.25) is 0 Å². The summed E-state index contributed by atoms with van der Waals surface area (Å²) in [6, 6.07) is 8.00. The minimum absolute atomic E-state index is 0.0252. The molecule has 1 atom stereocenters. The molecule has 0 fully saturated rings. The van der Waals surface area contributed by atoms with Crippen LogP contribution in [0.25, 0.3) is 0 Å². The number of rotatable bonds is 5. The smallest absolute Gasteiger partial charge is 0.146 e. The van der Waals surface area contributed by atoms with Crippen LogP contribution in [0.15, 0.2) is 36.7 Å². The molecule has 0 aliphatic heterocycles. The molecular weight excluding hydrogens is 251 g/mol. The van der Waals surface area contributed by atoms with E-state index in [9.17, 15) is 4.39 Å². The van der Waals surface area contributed by atoms with Crippen molar-refractivity contribution in [2.45, 2.75) is 33.2 Å². The van der Waals surface area contributed by atoms with Crippen molar-refractivity contribution in [2.24, 2.45) is 0 Å². The first-order valence-corrected chi connectivity index (χ1v) is 7.01. The van der Waals surface area contributed by atoms with Gasteiger partial charge in [0, 0.05) is 17.8 Å². The number of nitrogens with zero attached hydrogens (tertiary/aromatic N) is 1. The number of benzene rings is 1. The highest BCUT2D eigenvalue weighted by Crippen LogP contribution is 2.24. The Morgan fingerprint density at radius 3 is 2.50 bits per heavy atom. The van der Waals surface area contributed by atoms with Crippen LogP contribution < -0.4 is 5.32 Å². The predicted molar refractivity (Wildman–Crippen MR) is 80.2 cm³/mol. The SMILES string of the molecule is CCNC(Cc1c(C)cccc1C)c1ccncc1F. The van der Waals surface area contributed by atoms with Crippen molar-refractivity contribution in [3.05, 3.63) is 64.7 Å². The van der Waals surface area contributed by atoms with Crippen LogP contribution >= 0.6 is 0 Å². The Labute approximate surface area is 120 Å². The van der Waals surface area contributed by atoms with Gasteiger partial charge < -0.3 is 5.32 Å². The normalized spacial score (nSPS) is 12.4. The van der Waals surface area contributed by atoms with Gasteiger partial charge in [0.05, 0.1) is 6.20 Å². The molecule has 1 heterocycles. The molecule has 0 saturated heterocycles. The third-order valence-electron chi connectivity index (χ3n) is 3.68. The molecule has 0 aliphatic carbocycles. The molecule has 0 amide bonds. The molecule has 0 spiro atoms. The van der Waals surface area contributed by atoms with Crippen molar-refractivity contribution in [1.82, 2.24) is 10.3 Å². The summed E-state index contributed by atoms with van der Waals surface area (Å²) < 4.78 is 14.0. The fourth-order valence-corrected chi connectivity index (χ4v) is 2.58. The van der Waals surface area contributed by atoms with Gasteiger partial charge >= 0.3 is 0 Å². The van der Waals surface area contributed by atoms with E-state index >= 15 is 0 Å². The zero-order chi connectivity index (χ0) is 14.5. The van der Waals surface area contributed by atoms with Crippen molar-refractivity contribution >= 4 is 0 Å². The van der Waals surface area contributed by atoms with Crippen LogP contribution in [-0.4, -0.2) is 11.5 Å². The van der Waals surface area contributed by atoms with Gasteiger partial charge in [0.25, 0.3) is 0 Å². The number of nitrogens with one attached hydrogen (secondary N) is 1. The summed E-state index contributed by atoms with van der Waals surface area (Å²) in [4.78, 5) is 3.83. The molecule has 0 saturated carbocycles. The summed E-state index contributed by atoms with van der Waals surface area (Å²) in [7, 11) is 0. The lowest BCUT2D eigenvalue weighted by Crippen LogP contribution is -2.24. The van der Waals surface area contributed by atoms with Gasteiger partial charge in [-0.15, -0.1) is 0 Å². The number of halogens is 1. The van der Waals surface area contributed by atoms with Gasteiger partial charge in [-0.05, 0) is 49.6 Å². The van der Waals surface area contributed by atoms with Crippen LogP contribution in [0.3, 0.4) is 0 Å². The average Bonchev–Trinajstić information content (AvgIpc) is 2.43. The first kappa shape index (κ1) is 14.7. The number of likely N-dealkylation sites (N-methyl/N-ethyl adjacent to an activating group) is 1. The second kappa shape index (κ2) is 6.62. The molecule has 2 rings (SSSR count). The minimum Gasteiger partial charge on any atom is -0.310 e. The Balaban J connectivity index is 2.33. The van der Waals surface area contributed by atoms with E-state index in [0.29, 0.717) is 5.56 Å². The molecule has 1 aromatic heterocycles. The van der Waals surface area contributed by atoms with Gasteiger partial charge in [0.1, 0.15) is 5.82 Å². The van der Waals surface area contributed by atoms with Crippen LogP contribution in [0, 0.1) is 19.7 Å². The Kier molecular flexibility index (Phi) is 4.85. The molecule has 1 aromatic carbocycles. The van der Waals surface area contributed by atoms with Crippen molar-refractivity contribution < 1.29 is 4.39 Å². The van der Waals surface area contributed by atoms with Gasteiger partial charge in [0.15, 0.2) is 0 Å². The summed E-state index contributed by atoms with van der Waals surface area (Å²) in [6.45, 7) is 7.05. The molecule has 1 N–H and O–H groups in total. The molecular formula is C17H21FN2. The van der Waals surface area contributed by atoms with Crippen molar-refractivity contribution in [3.63, 3.8) is 0 Å². The lowest BCUT2D eigenvalue weighted by Gasteiger charge is -2.21. The first-order valence-electron chi connectivity index (χ1n) is 7.01. The average molecular weight is 272 g/mol. The molecule has 2 nitrogen and oxygen atoms in total. The van der Waals surface area contributed by atoms with Crippen molar-refractivity contribution in [3.8, 4) is 0 Å². The summed E-state index contributed by atoms with van der Waals surface area (Å²) in [5.41, 5.74) is 4.48. The van der Waals surface area contributed by atoms with Crippen molar-refractivity contribution in [1.29, 1.82) is 0 Å². The van der Waals surface area contributed by atoms with E-state index < -0.39 is 0 Å². The van der Waals surface area contributed by atoms with E-state index in [4.69, 9.17) is 0 Å². The lowest BCUT2D eigenvalue weighted by atomic mass is 9.93. The van der Waals surface area contributed by atoms with Gasteiger partial charge in [-0.2, -0.15) is 0 Å². The highest BCUT2D eigenvalue weighted by Gasteiger charge is 2.17. The second-order valence-electron chi connectivity index (χ2n) is 5.08. The van der Waals surface area contributed by atoms with Crippen LogP contribution in [0.5, 0.6) is 0 Å². The van der Waals surface area contributed by atoms with Crippen LogP contribution in [-0.2, 0) is 6.42 Å². The Morgan fingerprint density at radius 2 is 1.90 bits per heavy atom. The maximum Gasteiger partial charge on any atom is 0.146 e.